The van der Waals surface area contributed by atoms with Gasteiger partial charge in [-0.05, 0) is 30.5 Å². The first-order valence-corrected chi connectivity index (χ1v) is 8.13. The van der Waals surface area contributed by atoms with E-state index in [9.17, 15) is 4.79 Å². The van der Waals surface area contributed by atoms with Crippen molar-refractivity contribution >= 4 is 5.91 Å². The molecule has 1 saturated carbocycles. The lowest BCUT2D eigenvalue weighted by atomic mass is 9.98. The van der Waals surface area contributed by atoms with Crippen molar-refractivity contribution in [2.24, 2.45) is 0 Å². The maximum atomic E-state index is 12.0. The zero-order valence-electron chi connectivity index (χ0n) is 12.8. The number of carbonyl (C=O) groups is 1. The van der Waals surface area contributed by atoms with Crippen LogP contribution in [0.3, 0.4) is 0 Å². The van der Waals surface area contributed by atoms with Crippen LogP contribution in [-0.2, 0) is 9.53 Å². The van der Waals surface area contributed by atoms with Crippen LogP contribution in [0.2, 0.25) is 0 Å². The van der Waals surface area contributed by atoms with Crippen molar-refractivity contribution < 1.29 is 9.53 Å². The summed E-state index contributed by atoms with van der Waals surface area (Å²) >= 11 is 0. The van der Waals surface area contributed by atoms with Crippen molar-refractivity contribution in [2.45, 2.75) is 56.8 Å². The standard InChI is InChI=1S/C16H24N4O2/c21-16(11-22-13-4-2-1-3-5-13)18-15-10-14(19-20-15)12-6-8-17-9-7-12/h6-9,13-15,19-20H,1-5,10-11H2,(H,18,21). The van der Waals surface area contributed by atoms with Crippen LogP contribution >= 0.6 is 0 Å². The Morgan fingerprint density at radius 3 is 2.77 bits per heavy atom. The number of pyridine rings is 1. The molecule has 22 heavy (non-hydrogen) atoms. The van der Waals surface area contributed by atoms with E-state index in [1.54, 1.807) is 12.4 Å². The number of nitrogens with one attached hydrogen (secondary N) is 3. The Kier molecular flexibility index (Phi) is 5.37. The molecule has 1 amide bonds. The lowest BCUT2D eigenvalue weighted by Gasteiger charge is -2.22. The van der Waals surface area contributed by atoms with Gasteiger partial charge >= 0.3 is 0 Å². The van der Waals surface area contributed by atoms with Gasteiger partial charge in [-0.3, -0.25) is 9.78 Å². The van der Waals surface area contributed by atoms with E-state index in [0.29, 0.717) is 0 Å². The van der Waals surface area contributed by atoms with Gasteiger partial charge in [-0.1, -0.05) is 19.3 Å². The second-order valence-corrected chi connectivity index (χ2v) is 6.05. The van der Waals surface area contributed by atoms with Gasteiger partial charge in [0.15, 0.2) is 0 Å². The summed E-state index contributed by atoms with van der Waals surface area (Å²) < 4.78 is 5.70. The van der Waals surface area contributed by atoms with Gasteiger partial charge in [-0.2, -0.15) is 0 Å². The van der Waals surface area contributed by atoms with Crippen molar-refractivity contribution in [2.75, 3.05) is 6.61 Å². The first kappa shape index (κ1) is 15.4. The maximum absolute atomic E-state index is 12.0. The molecule has 6 nitrogen and oxygen atoms in total. The first-order valence-electron chi connectivity index (χ1n) is 8.13. The number of ether oxygens (including phenoxy) is 1. The minimum atomic E-state index is -0.0689. The van der Waals surface area contributed by atoms with Crippen molar-refractivity contribution in [1.29, 1.82) is 0 Å². The van der Waals surface area contributed by atoms with Crippen LogP contribution in [0.4, 0.5) is 0 Å². The van der Waals surface area contributed by atoms with Gasteiger partial charge in [0.1, 0.15) is 6.61 Å². The summed E-state index contributed by atoms with van der Waals surface area (Å²) in [5.74, 6) is -0.0553. The summed E-state index contributed by atoms with van der Waals surface area (Å²) in [7, 11) is 0. The van der Waals surface area contributed by atoms with Gasteiger partial charge in [0.05, 0.1) is 12.3 Å². The quantitative estimate of drug-likeness (QED) is 0.767. The highest BCUT2D eigenvalue weighted by molar-refractivity contribution is 5.77. The van der Waals surface area contributed by atoms with E-state index < -0.39 is 0 Å². The predicted octanol–water partition coefficient (Wildman–Crippen LogP) is 1.41. The fraction of sp³-hybridized carbons (Fsp3) is 0.625. The van der Waals surface area contributed by atoms with Gasteiger partial charge < -0.3 is 10.1 Å². The van der Waals surface area contributed by atoms with Crippen LogP contribution < -0.4 is 16.2 Å². The molecule has 2 fully saturated rings. The summed E-state index contributed by atoms with van der Waals surface area (Å²) in [5.41, 5.74) is 7.48. The monoisotopic (exact) mass is 304 g/mol. The van der Waals surface area contributed by atoms with Gasteiger partial charge in [0, 0.05) is 24.9 Å². The second kappa shape index (κ2) is 7.67. The molecular weight excluding hydrogens is 280 g/mol. The Labute approximate surface area is 131 Å². The number of hydrazine groups is 1. The van der Waals surface area contributed by atoms with Crippen molar-refractivity contribution in [1.82, 2.24) is 21.2 Å². The zero-order valence-corrected chi connectivity index (χ0v) is 12.8. The Balaban J connectivity index is 1.39. The molecular formula is C16H24N4O2. The first-order chi connectivity index (χ1) is 10.8. The number of nitrogens with zero attached hydrogens (tertiary/aromatic N) is 1. The van der Waals surface area contributed by atoms with Crippen LogP contribution in [-0.4, -0.2) is 29.8 Å². The summed E-state index contributed by atoms with van der Waals surface area (Å²) in [6, 6.07) is 4.15. The Morgan fingerprint density at radius 2 is 2.00 bits per heavy atom. The van der Waals surface area contributed by atoms with Gasteiger partial charge in [-0.25, -0.2) is 10.9 Å². The number of amides is 1. The smallest absolute Gasteiger partial charge is 0.247 e. The molecule has 2 heterocycles. The van der Waals surface area contributed by atoms with E-state index in [4.69, 9.17) is 4.74 Å². The largest absolute Gasteiger partial charge is 0.368 e. The highest BCUT2D eigenvalue weighted by Gasteiger charge is 2.26. The molecule has 0 bridgehead atoms. The third kappa shape index (κ3) is 4.25. The van der Waals surface area contributed by atoms with Gasteiger partial charge in [0.2, 0.25) is 5.91 Å². The van der Waals surface area contributed by atoms with Gasteiger partial charge in [0.25, 0.3) is 0 Å². The topological polar surface area (TPSA) is 75.3 Å². The number of hydrogen-bond donors (Lipinski definition) is 3. The van der Waals surface area contributed by atoms with Crippen LogP contribution in [0.15, 0.2) is 24.5 Å². The third-order valence-electron chi connectivity index (χ3n) is 4.35. The van der Waals surface area contributed by atoms with Crippen LogP contribution in [0.5, 0.6) is 0 Å². The van der Waals surface area contributed by atoms with Gasteiger partial charge in [-0.15, -0.1) is 0 Å². The summed E-state index contributed by atoms with van der Waals surface area (Å²) in [6.45, 7) is 0.156. The molecule has 1 aromatic rings. The fourth-order valence-corrected chi connectivity index (χ4v) is 3.13. The molecule has 2 atom stereocenters. The minimum Gasteiger partial charge on any atom is -0.368 e. The Hall–Kier alpha value is -1.50. The van der Waals surface area contributed by atoms with Crippen molar-refractivity contribution in [3.63, 3.8) is 0 Å². The number of rotatable bonds is 5. The average molecular weight is 304 g/mol. The SMILES string of the molecule is O=C(COC1CCCCC1)NC1CC(c2ccncc2)NN1. The van der Waals surface area contributed by atoms with E-state index in [-0.39, 0.29) is 30.8 Å². The van der Waals surface area contributed by atoms with Crippen LogP contribution in [0, 0.1) is 0 Å². The van der Waals surface area contributed by atoms with E-state index in [0.717, 1.165) is 24.8 Å². The van der Waals surface area contributed by atoms with E-state index in [1.807, 2.05) is 12.1 Å². The van der Waals surface area contributed by atoms with E-state index >= 15 is 0 Å². The predicted molar refractivity (Wildman–Crippen MR) is 82.6 cm³/mol. The summed E-state index contributed by atoms with van der Waals surface area (Å²) in [4.78, 5) is 16.0. The molecule has 0 spiro atoms. The molecule has 2 unspecified atom stereocenters. The summed E-state index contributed by atoms with van der Waals surface area (Å²) in [5, 5.41) is 2.97. The lowest BCUT2D eigenvalue weighted by Crippen LogP contribution is -2.45. The Morgan fingerprint density at radius 1 is 1.23 bits per heavy atom. The minimum absolute atomic E-state index is 0.0553. The highest BCUT2D eigenvalue weighted by Crippen LogP contribution is 2.21. The molecule has 2 aliphatic rings. The molecule has 1 aliphatic carbocycles. The Bertz CT molecular complexity index is 476. The molecule has 0 aromatic carbocycles. The molecule has 3 rings (SSSR count). The number of aromatic nitrogens is 1. The third-order valence-corrected chi connectivity index (χ3v) is 4.35. The zero-order chi connectivity index (χ0) is 15.2. The molecule has 6 heteroatoms. The second-order valence-electron chi connectivity index (χ2n) is 6.05. The van der Waals surface area contributed by atoms with Crippen LogP contribution in [0.1, 0.15) is 50.1 Å². The fourth-order valence-electron chi connectivity index (χ4n) is 3.13. The summed E-state index contributed by atoms with van der Waals surface area (Å²) in [6.07, 6.45) is 10.4. The molecule has 120 valence electrons. The molecule has 1 aliphatic heterocycles. The van der Waals surface area contributed by atoms with E-state index in [1.165, 1.54) is 19.3 Å². The van der Waals surface area contributed by atoms with E-state index in [2.05, 4.69) is 21.2 Å². The normalized spacial score (nSPS) is 26.0. The maximum Gasteiger partial charge on any atom is 0.247 e. The number of hydrogen-bond acceptors (Lipinski definition) is 5. The van der Waals surface area contributed by atoms with Crippen LogP contribution in [0.25, 0.3) is 0 Å². The lowest BCUT2D eigenvalue weighted by molar-refractivity contribution is -0.129. The highest BCUT2D eigenvalue weighted by atomic mass is 16.5. The molecule has 0 radical (unpaired) electrons. The average Bonchev–Trinajstić information content (AvgIpc) is 3.03. The molecule has 1 saturated heterocycles. The molecule has 1 aromatic heterocycles. The number of carbonyl (C=O) groups excluding carboxylic acids is 1. The molecule has 3 N–H and O–H groups in total. The van der Waals surface area contributed by atoms with Crippen molar-refractivity contribution in [3.05, 3.63) is 30.1 Å². The van der Waals surface area contributed by atoms with Crippen molar-refractivity contribution in [3.8, 4) is 0 Å².